The van der Waals surface area contributed by atoms with E-state index in [2.05, 4.69) is 27.2 Å². The molecular weight excluding hydrogens is 363 g/mol. The van der Waals surface area contributed by atoms with Crippen LogP contribution in [0.25, 0.3) is 5.65 Å². The Kier molecular flexibility index (Phi) is 4.81. The van der Waals surface area contributed by atoms with Gasteiger partial charge < -0.3 is 10.2 Å². The first-order valence-electron chi connectivity index (χ1n) is 9.26. The number of aromatic nitrogens is 4. The second-order valence-corrected chi connectivity index (χ2v) is 7.13. The van der Waals surface area contributed by atoms with Crippen molar-refractivity contribution in [1.29, 1.82) is 0 Å². The van der Waals surface area contributed by atoms with Crippen LogP contribution in [0.15, 0.2) is 41.5 Å². The predicted octanol–water partition coefficient (Wildman–Crippen LogP) is 1.91. The number of fused-ring (bicyclic) bond motifs is 1. The van der Waals surface area contributed by atoms with Crippen LogP contribution in [-0.2, 0) is 11.3 Å². The van der Waals surface area contributed by atoms with Crippen LogP contribution in [0.2, 0.25) is 0 Å². The van der Waals surface area contributed by atoms with Crippen LogP contribution < -0.4 is 15.9 Å². The zero-order valence-electron chi connectivity index (χ0n) is 15.5. The average Bonchev–Trinajstić information content (AvgIpc) is 2.99. The number of halogens is 1. The second-order valence-electron chi connectivity index (χ2n) is 7.13. The van der Waals surface area contributed by atoms with Gasteiger partial charge in [0.05, 0.1) is 0 Å². The van der Waals surface area contributed by atoms with Crippen molar-refractivity contribution in [1.82, 2.24) is 19.2 Å². The van der Waals surface area contributed by atoms with Gasteiger partial charge in [-0.05, 0) is 43.0 Å². The van der Waals surface area contributed by atoms with Gasteiger partial charge in [-0.3, -0.25) is 4.79 Å². The van der Waals surface area contributed by atoms with E-state index in [1.807, 2.05) is 0 Å². The molecule has 1 atom stereocenters. The van der Waals surface area contributed by atoms with E-state index in [4.69, 9.17) is 0 Å². The third kappa shape index (κ3) is 3.60. The minimum atomic E-state index is -0.418. The van der Waals surface area contributed by atoms with Gasteiger partial charge >= 0.3 is 5.69 Å². The quantitative estimate of drug-likeness (QED) is 0.743. The van der Waals surface area contributed by atoms with Gasteiger partial charge in [-0.15, -0.1) is 5.10 Å². The van der Waals surface area contributed by atoms with E-state index in [9.17, 15) is 14.0 Å². The first kappa shape index (κ1) is 18.1. The highest BCUT2D eigenvalue weighted by molar-refractivity contribution is 5.90. The number of hydrogen-bond donors (Lipinski definition) is 1. The van der Waals surface area contributed by atoms with E-state index in [0.29, 0.717) is 23.1 Å². The molecule has 1 aromatic carbocycles. The number of amides is 1. The molecule has 1 N–H and O–H groups in total. The molecule has 8 nitrogen and oxygen atoms in total. The van der Waals surface area contributed by atoms with Crippen molar-refractivity contribution < 1.29 is 9.18 Å². The summed E-state index contributed by atoms with van der Waals surface area (Å²) in [6.07, 6.45) is 5.36. The van der Waals surface area contributed by atoms with Crippen LogP contribution in [0.4, 0.5) is 15.9 Å². The average molecular weight is 384 g/mol. The monoisotopic (exact) mass is 384 g/mol. The lowest BCUT2D eigenvalue weighted by molar-refractivity contribution is -0.117. The van der Waals surface area contributed by atoms with Crippen molar-refractivity contribution in [2.24, 2.45) is 5.92 Å². The molecule has 2 aromatic heterocycles. The lowest BCUT2D eigenvalue weighted by Gasteiger charge is -2.31. The molecule has 28 heavy (non-hydrogen) atoms. The molecule has 0 spiro atoms. The van der Waals surface area contributed by atoms with Crippen molar-refractivity contribution in [2.75, 3.05) is 23.3 Å². The Morgan fingerprint density at radius 1 is 1.32 bits per heavy atom. The van der Waals surface area contributed by atoms with E-state index in [0.717, 1.165) is 24.2 Å². The minimum Gasteiger partial charge on any atom is -0.353 e. The minimum absolute atomic E-state index is 0.242. The number of anilines is 2. The molecule has 9 heteroatoms. The Labute approximate surface area is 160 Å². The first-order valence-corrected chi connectivity index (χ1v) is 9.26. The van der Waals surface area contributed by atoms with Gasteiger partial charge in [0.2, 0.25) is 11.6 Å². The summed E-state index contributed by atoms with van der Waals surface area (Å²) in [6.45, 7) is 3.67. The van der Waals surface area contributed by atoms with Crippen LogP contribution in [0.5, 0.6) is 0 Å². The Hall–Kier alpha value is -3.23. The summed E-state index contributed by atoms with van der Waals surface area (Å²) in [5.74, 6) is 0.398. The molecule has 0 radical (unpaired) electrons. The SMILES string of the molecule is C[C@H]1CCCN(c2nccn3c(=O)n(CC(=O)Nc4ccc(F)cc4)nc23)C1. The normalized spacial score (nSPS) is 17.1. The number of nitrogens with one attached hydrogen (secondary N) is 1. The second kappa shape index (κ2) is 7.41. The number of piperidine rings is 1. The highest BCUT2D eigenvalue weighted by Gasteiger charge is 2.22. The van der Waals surface area contributed by atoms with Gasteiger partial charge in [-0.25, -0.2) is 23.3 Å². The van der Waals surface area contributed by atoms with E-state index in [1.54, 1.807) is 12.4 Å². The Bertz CT molecular complexity index is 1060. The maximum atomic E-state index is 13.0. The van der Waals surface area contributed by atoms with Gasteiger partial charge in [-0.2, -0.15) is 0 Å². The van der Waals surface area contributed by atoms with Crippen LogP contribution >= 0.6 is 0 Å². The largest absolute Gasteiger partial charge is 0.353 e. The maximum absolute atomic E-state index is 13.0. The summed E-state index contributed by atoms with van der Waals surface area (Å²) in [7, 11) is 0. The fourth-order valence-electron chi connectivity index (χ4n) is 3.51. The number of hydrogen-bond acceptors (Lipinski definition) is 5. The summed E-state index contributed by atoms with van der Waals surface area (Å²) in [4.78, 5) is 31.5. The number of nitrogens with zero attached hydrogens (tertiary/aromatic N) is 5. The molecule has 0 saturated carbocycles. The molecule has 0 unspecified atom stereocenters. The third-order valence-electron chi connectivity index (χ3n) is 4.86. The van der Waals surface area contributed by atoms with E-state index in [-0.39, 0.29) is 12.4 Å². The van der Waals surface area contributed by atoms with Crippen molar-refractivity contribution in [3.05, 3.63) is 53.0 Å². The van der Waals surface area contributed by atoms with Gasteiger partial charge in [0.15, 0.2) is 5.82 Å². The Morgan fingerprint density at radius 2 is 2.11 bits per heavy atom. The number of carbonyl (C=O) groups excluding carboxylic acids is 1. The molecule has 0 bridgehead atoms. The predicted molar refractivity (Wildman–Crippen MR) is 103 cm³/mol. The Balaban J connectivity index is 1.59. The molecular formula is C19H21FN6O2. The standard InChI is InChI=1S/C19H21FN6O2/c1-13-3-2-9-24(11-13)17-18-23-26(19(28)25(18)10-8-21-17)12-16(27)22-15-6-4-14(20)5-7-15/h4-8,10,13H,2-3,9,11-12H2,1H3,(H,22,27)/t13-/m0/s1. The molecule has 1 aliphatic heterocycles. The lowest BCUT2D eigenvalue weighted by Crippen LogP contribution is -2.35. The summed E-state index contributed by atoms with van der Waals surface area (Å²) in [5, 5.41) is 6.98. The first-order chi connectivity index (χ1) is 13.5. The van der Waals surface area contributed by atoms with Crippen molar-refractivity contribution in [3.63, 3.8) is 0 Å². The van der Waals surface area contributed by atoms with Crippen LogP contribution in [0, 0.1) is 11.7 Å². The summed E-state index contributed by atoms with van der Waals surface area (Å²) in [5.41, 5.74) is 0.488. The number of rotatable bonds is 4. The van der Waals surface area contributed by atoms with E-state index in [1.165, 1.54) is 35.1 Å². The Morgan fingerprint density at radius 3 is 2.86 bits per heavy atom. The summed E-state index contributed by atoms with van der Waals surface area (Å²) < 4.78 is 15.5. The van der Waals surface area contributed by atoms with E-state index >= 15 is 0 Å². The smallest absolute Gasteiger partial charge is 0.350 e. The molecule has 1 amide bonds. The number of benzene rings is 1. The third-order valence-corrected chi connectivity index (χ3v) is 4.86. The topological polar surface area (TPSA) is 84.5 Å². The molecule has 3 aromatic rings. The van der Waals surface area contributed by atoms with Crippen molar-refractivity contribution >= 4 is 23.1 Å². The fourth-order valence-corrected chi connectivity index (χ4v) is 3.51. The molecule has 1 aliphatic rings. The zero-order chi connectivity index (χ0) is 19.7. The highest BCUT2D eigenvalue weighted by Crippen LogP contribution is 2.23. The molecule has 4 rings (SSSR count). The molecule has 3 heterocycles. The van der Waals surface area contributed by atoms with Gasteiger partial charge in [-0.1, -0.05) is 6.92 Å². The maximum Gasteiger partial charge on any atom is 0.350 e. The van der Waals surface area contributed by atoms with Gasteiger partial charge in [0, 0.05) is 31.2 Å². The van der Waals surface area contributed by atoms with Crippen LogP contribution in [0.3, 0.4) is 0 Å². The van der Waals surface area contributed by atoms with Crippen LogP contribution in [-0.4, -0.2) is 38.2 Å². The zero-order valence-corrected chi connectivity index (χ0v) is 15.5. The molecule has 0 aliphatic carbocycles. The molecule has 1 saturated heterocycles. The van der Waals surface area contributed by atoms with Gasteiger partial charge in [0.1, 0.15) is 12.4 Å². The van der Waals surface area contributed by atoms with Gasteiger partial charge in [0.25, 0.3) is 0 Å². The van der Waals surface area contributed by atoms with Crippen molar-refractivity contribution in [3.8, 4) is 0 Å². The lowest BCUT2D eigenvalue weighted by atomic mass is 10.0. The number of carbonyl (C=O) groups is 1. The molecule has 146 valence electrons. The highest BCUT2D eigenvalue weighted by atomic mass is 19.1. The summed E-state index contributed by atoms with van der Waals surface area (Å²) >= 11 is 0. The fraction of sp³-hybridized carbons (Fsp3) is 0.368. The summed E-state index contributed by atoms with van der Waals surface area (Å²) in [6, 6.07) is 5.42. The van der Waals surface area contributed by atoms with Crippen molar-refractivity contribution in [2.45, 2.75) is 26.3 Å². The molecule has 1 fully saturated rings. The van der Waals surface area contributed by atoms with E-state index < -0.39 is 11.6 Å². The van der Waals surface area contributed by atoms with Crippen LogP contribution in [0.1, 0.15) is 19.8 Å².